The van der Waals surface area contributed by atoms with Gasteiger partial charge in [-0.05, 0) is 67.8 Å². The number of nitrogens with zero attached hydrogens (tertiary/aromatic N) is 1. The number of carbonyl (C=O) groups excluding carboxylic acids is 3. The van der Waals surface area contributed by atoms with Gasteiger partial charge in [-0.25, -0.2) is 9.69 Å². The second kappa shape index (κ2) is 8.08. The number of urea groups is 1. The molecule has 4 amide bonds. The Kier molecular flexibility index (Phi) is 5.74. The third-order valence-corrected chi connectivity index (χ3v) is 4.93. The van der Waals surface area contributed by atoms with Gasteiger partial charge in [-0.2, -0.15) is 0 Å². The quantitative estimate of drug-likeness (QED) is 0.535. The number of halogens is 1. The molecule has 2 N–H and O–H groups in total. The lowest BCUT2D eigenvalue weighted by molar-refractivity contribution is -0.122. The van der Waals surface area contributed by atoms with Gasteiger partial charge in [-0.1, -0.05) is 22.0 Å². The van der Waals surface area contributed by atoms with Crippen molar-refractivity contribution >= 4 is 45.5 Å². The molecule has 1 aliphatic heterocycles. The number of hydrogen-bond acceptors (Lipinski definition) is 5. The first-order valence-electron chi connectivity index (χ1n) is 8.86. The maximum absolute atomic E-state index is 13.0. The van der Waals surface area contributed by atoms with Crippen LogP contribution < -0.4 is 15.0 Å². The van der Waals surface area contributed by atoms with Crippen LogP contribution in [0.1, 0.15) is 23.6 Å². The first kappa shape index (κ1) is 20.6. The first-order valence-corrected chi connectivity index (χ1v) is 9.65. The molecule has 1 heterocycles. The van der Waals surface area contributed by atoms with Crippen LogP contribution in [0.25, 0.3) is 6.08 Å². The summed E-state index contributed by atoms with van der Waals surface area (Å²) in [6.07, 6.45) is 1.35. The van der Waals surface area contributed by atoms with Gasteiger partial charge in [0.25, 0.3) is 11.8 Å². The van der Waals surface area contributed by atoms with E-state index in [0.717, 1.165) is 16.0 Å². The van der Waals surface area contributed by atoms with Gasteiger partial charge in [0.2, 0.25) is 0 Å². The zero-order valence-corrected chi connectivity index (χ0v) is 17.7. The summed E-state index contributed by atoms with van der Waals surface area (Å²) in [6.45, 7) is 5.81. The monoisotopic (exact) mass is 458 g/mol. The number of anilines is 1. The molecule has 1 fully saturated rings. The normalized spacial score (nSPS) is 15.7. The first-order chi connectivity index (χ1) is 13.7. The van der Waals surface area contributed by atoms with Gasteiger partial charge < -0.3 is 9.84 Å². The molecule has 0 atom stereocenters. The molecule has 0 saturated carbocycles. The van der Waals surface area contributed by atoms with Gasteiger partial charge in [0.05, 0.1) is 12.3 Å². The fourth-order valence-electron chi connectivity index (χ4n) is 3.07. The number of rotatable bonds is 4. The Labute approximate surface area is 176 Å². The summed E-state index contributed by atoms with van der Waals surface area (Å²) in [7, 11) is 0. The van der Waals surface area contributed by atoms with E-state index >= 15 is 0 Å². The van der Waals surface area contributed by atoms with E-state index in [1.807, 2.05) is 19.9 Å². The predicted octanol–water partition coefficient (Wildman–Crippen LogP) is 3.84. The summed E-state index contributed by atoms with van der Waals surface area (Å²) in [4.78, 5) is 38.7. The van der Waals surface area contributed by atoms with Gasteiger partial charge in [0, 0.05) is 4.47 Å². The van der Waals surface area contributed by atoms with Crippen molar-refractivity contribution in [2.75, 3.05) is 11.5 Å². The second-order valence-corrected chi connectivity index (χ2v) is 7.43. The van der Waals surface area contributed by atoms with E-state index in [-0.39, 0.29) is 17.1 Å². The lowest BCUT2D eigenvalue weighted by Gasteiger charge is -2.27. The highest BCUT2D eigenvalue weighted by Gasteiger charge is 2.37. The number of ether oxygens (including phenoxy) is 1. The number of carbonyl (C=O) groups is 3. The lowest BCUT2D eigenvalue weighted by Crippen LogP contribution is -2.54. The molecule has 3 rings (SSSR count). The van der Waals surface area contributed by atoms with E-state index in [9.17, 15) is 19.5 Å². The van der Waals surface area contributed by atoms with Crippen LogP contribution in [-0.4, -0.2) is 29.6 Å². The lowest BCUT2D eigenvalue weighted by atomic mass is 10.0. The average molecular weight is 459 g/mol. The van der Waals surface area contributed by atoms with E-state index in [2.05, 4.69) is 21.2 Å². The molecule has 0 unspecified atom stereocenters. The summed E-state index contributed by atoms with van der Waals surface area (Å²) in [5, 5.41) is 12.2. The third kappa shape index (κ3) is 4.17. The van der Waals surface area contributed by atoms with Crippen LogP contribution in [0, 0.1) is 13.8 Å². The highest BCUT2D eigenvalue weighted by molar-refractivity contribution is 9.10. The van der Waals surface area contributed by atoms with E-state index in [1.165, 1.54) is 18.2 Å². The molecule has 0 bridgehead atoms. The summed E-state index contributed by atoms with van der Waals surface area (Å²) in [6, 6.07) is 7.43. The van der Waals surface area contributed by atoms with Gasteiger partial charge in [0.15, 0.2) is 11.5 Å². The average Bonchev–Trinajstić information content (AvgIpc) is 2.61. The number of aryl methyl sites for hydroxylation is 2. The molecule has 150 valence electrons. The standard InChI is InChI=1S/C21H19BrN2O5/c1-4-29-18-9-13(16(22)10-17(18)25)8-15-19(26)23-21(28)24(20(15)27)14-6-11(2)5-12(3)7-14/h5-10,25H,4H2,1-3H3,(H,23,26,28). The van der Waals surface area contributed by atoms with Crippen LogP contribution in [0.15, 0.2) is 40.4 Å². The van der Waals surface area contributed by atoms with Crippen molar-refractivity contribution in [3.8, 4) is 11.5 Å². The molecule has 0 aliphatic carbocycles. The van der Waals surface area contributed by atoms with Crippen molar-refractivity contribution in [3.05, 3.63) is 57.1 Å². The molecule has 0 aromatic heterocycles. The van der Waals surface area contributed by atoms with Crippen LogP contribution >= 0.6 is 15.9 Å². The fraction of sp³-hybridized carbons (Fsp3) is 0.190. The Morgan fingerprint density at radius 1 is 1.10 bits per heavy atom. The molecule has 7 nitrogen and oxygen atoms in total. The van der Waals surface area contributed by atoms with Crippen LogP contribution in [0.2, 0.25) is 0 Å². The van der Waals surface area contributed by atoms with Crippen molar-refractivity contribution in [1.29, 1.82) is 0 Å². The maximum Gasteiger partial charge on any atom is 0.335 e. The number of nitrogens with one attached hydrogen (secondary N) is 1. The van der Waals surface area contributed by atoms with Crippen LogP contribution in [-0.2, 0) is 9.59 Å². The van der Waals surface area contributed by atoms with Crippen molar-refractivity contribution in [3.63, 3.8) is 0 Å². The summed E-state index contributed by atoms with van der Waals surface area (Å²) in [5.74, 6) is -1.39. The molecular weight excluding hydrogens is 440 g/mol. The van der Waals surface area contributed by atoms with Crippen LogP contribution in [0.3, 0.4) is 0 Å². The van der Waals surface area contributed by atoms with Gasteiger partial charge in [0.1, 0.15) is 5.57 Å². The molecule has 29 heavy (non-hydrogen) atoms. The Morgan fingerprint density at radius 3 is 2.38 bits per heavy atom. The van der Waals surface area contributed by atoms with Gasteiger partial charge >= 0.3 is 6.03 Å². The maximum atomic E-state index is 13.0. The smallest absolute Gasteiger partial charge is 0.335 e. The zero-order chi connectivity index (χ0) is 21.3. The molecule has 1 saturated heterocycles. The Morgan fingerprint density at radius 2 is 1.76 bits per heavy atom. The van der Waals surface area contributed by atoms with Gasteiger partial charge in [-0.3, -0.25) is 14.9 Å². The fourth-order valence-corrected chi connectivity index (χ4v) is 3.51. The number of phenols is 1. The topological polar surface area (TPSA) is 95.9 Å². The number of imide groups is 2. The predicted molar refractivity (Wildman–Crippen MR) is 112 cm³/mol. The van der Waals surface area contributed by atoms with E-state index in [1.54, 1.807) is 19.1 Å². The zero-order valence-electron chi connectivity index (χ0n) is 16.1. The van der Waals surface area contributed by atoms with Crippen LogP contribution in [0.5, 0.6) is 11.5 Å². The van der Waals surface area contributed by atoms with E-state index in [4.69, 9.17) is 4.74 Å². The van der Waals surface area contributed by atoms with Gasteiger partial charge in [-0.15, -0.1) is 0 Å². The Balaban J connectivity index is 2.07. The number of aromatic hydroxyl groups is 1. The SMILES string of the molecule is CCOc1cc(C=C2C(=O)NC(=O)N(c3cc(C)cc(C)c3)C2=O)c(Br)cc1O. The van der Waals surface area contributed by atoms with Crippen molar-refractivity contribution in [2.24, 2.45) is 0 Å². The second-order valence-electron chi connectivity index (χ2n) is 6.58. The van der Waals surface area contributed by atoms with Crippen molar-refractivity contribution in [1.82, 2.24) is 5.32 Å². The molecule has 2 aromatic carbocycles. The summed E-state index contributed by atoms with van der Waals surface area (Å²) < 4.78 is 5.82. The van der Waals surface area contributed by atoms with Crippen molar-refractivity contribution in [2.45, 2.75) is 20.8 Å². The molecule has 0 spiro atoms. The number of benzene rings is 2. The third-order valence-electron chi connectivity index (χ3n) is 4.24. The number of hydrogen-bond donors (Lipinski definition) is 2. The molecule has 2 aromatic rings. The number of barbiturate groups is 1. The highest BCUT2D eigenvalue weighted by Crippen LogP contribution is 2.34. The molecule has 0 radical (unpaired) electrons. The molecular formula is C21H19BrN2O5. The highest BCUT2D eigenvalue weighted by atomic mass is 79.9. The largest absolute Gasteiger partial charge is 0.504 e. The molecule has 8 heteroatoms. The Hall–Kier alpha value is -3.13. The number of amides is 4. The minimum atomic E-state index is -0.804. The minimum Gasteiger partial charge on any atom is -0.504 e. The number of phenolic OH excluding ortho intramolecular Hbond substituents is 1. The van der Waals surface area contributed by atoms with Crippen molar-refractivity contribution < 1.29 is 24.2 Å². The Bertz CT molecular complexity index is 1040. The summed E-state index contributed by atoms with van der Waals surface area (Å²) in [5.41, 5.74) is 2.37. The minimum absolute atomic E-state index is 0.0765. The van der Waals surface area contributed by atoms with Crippen LogP contribution in [0.4, 0.5) is 10.5 Å². The summed E-state index contributed by atoms with van der Waals surface area (Å²) >= 11 is 3.31. The van der Waals surface area contributed by atoms with E-state index < -0.39 is 17.8 Å². The van der Waals surface area contributed by atoms with E-state index in [0.29, 0.717) is 22.3 Å². The molecule has 1 aliphatic rings.